The van der Waals surface area contributed by atoms with E-state index in [-0.39, 0.29) is 12.2 Å². The van der Waals surface area contributed by atoms with Crippen LogP contribution in [0.25, 0.3) is 0 Å². The van der Waals surface area contributed by atoms with Crippen molar-refractivity contribution in [1.82, 2.24) is 0 Å². The van der Waals surface area contributed by atoms with E-state index in [1.54, 1.807) is 18.2 Å². The SMILES string of the molecule is O=C(OC1C(OC2OC(CO)C(O)C(O)C2O)COC(CO)C1O)c1ccccc1. The van der Waals surface area contributed by atoms with Crippen molar-refractivity contribution in [2.45, 2.75) is 55.1 Å². The molecular weight excluding hydrogens is 404 g/mol. The van der Waals surface area contributed by atoms with Gasteiger partial charge in [0.05, 0.1) is 25.4 Å². The van der Waals surface area contributed by atoms with Gasteiger partial charge < -0.3 is 49.6 Å². The average molecular weight is 430 g/mol. The molecule has 2 heterocycles. The van der Waals surface area contributed by atoms with Gasteiger partial charge in [-0.05, 0) is 12.1 Å². The van der Waals surface area contributed by atoms with Gasteiger partial charge in [-0.2, -0.15) is 0 Å². The Labute approximate surface area is 172 Å². The highest BCUT2D eigenvalue weighted by Crippen LogP contribution is 2.28. The van der Waals surface area contributed by atoms with Gasteiger partial charge in [0.15, 0.2) is 12.4 Å². The summed E-state index contributed by atoms with van der Waals surface area (Å²) in [6.07, 6.45) is -12.5. The number of hydrogen-bond donors (Lipinski definition) is 6. The third-order valence-electron chi connectivity index (χ3n) is 5.15. The van der Waals surface area contributed by atoms with E-state index in [9.17, 15) is 35.4 Å². The molecule has 1 aromatic rings. The van der Waals surface area contributed by atoms with Crippen LogP contribution in [0, 0.1) is 0 Å². The molecule has 9 atom stereocenters. The summed E-state index contributed by atoms with van der Waals surface area (Å²) < 4.78 is 21.7. The maximum absolute atomic E-state index is 12.5. The zero-order valence-electron chi connectivity index (χ0n) is 15.9. The first kappa shape index (κ1) is 23.0. The zero-order chi connectivity index (χ0) is 21.8. The zero-order valence-corrected chi connectivity index (χ0v) is 15.9. The summed E-state index contributed by atoms with van der Waals surface area (Å²) in [4.78, 5) is 12.5. The van der Waals surface area contributed by atoms with Crippen LogP contribution in [-0.2, 0) is 18.9 Å². The van der Waals surface area contributed by atoms with Crippen LogP contribution in [-0.4, -0.2) is 112 Å². The van der Waals surface area contributed by atoms with Crippen LogP contribution in [0.15, 0.2) is 30.3 Å². The molecule has 1 aromatic carbocycles. The molecule has 0 radical (unpaired) electrons. The molecular formula is C19H26O11. The lowest BCUT2D eigenvalue weighted by molar-refractivity contribution is -0.331. The number of esters is 1. The van der Waals surface area contributed by atoms with E-state index in [1.165, 1.54) is 12.1 Å². The molecule has 6 N–H and O–H groups in total. The normalized spacial score (nSPS) is 39.5. The number of carbonyl (C=O) groups is 1. The first-order valence-electron chi connectivity index (χ1n) is 9.50. The second-order valence-electron chi connectivity index (χ2n) is 7.15. The van der Waals surface area contributed by atoms with E-state index in [2.05, 4.69) is 0 Å². The minimum absolute atomic E-state index is 0.225. The highest BCUT2D eigenvalue weighted by Gasteiger charge is 2.49. The number of ether oxygens (including phenoxy) is 4. The summed E-state index contributed by atoms with van der Waals surface area (Å²) >= 11 is 0. The van der Waals surface area contributed by atoms with Crippen molar-refractivity contribution in [3.8, 4) is 0 Å². The van der Waals surface area contributed by atoms with Crippen molar-refractivity contribution in [2.24, 2.45) is 0 Å². The third-order valence-corrected chi connectivity index (χ3v) is 5.15. The van der Waals surface area contributed by atoms with Crippen LogP contribution in [0.3, 0.4) is 0 Å². The Morgan fingerprint density at radius 2 is 1.60 bits per heavy atom. The van der Waals surface area contributed by atoms with E-state index in [0.717, 1.165) is 0 Å². The monoisotopic (exact) mass is 430 g/mol. The quantitative estimate of drug-likeness (QED) is 0.256. The van der Waals surface area contributed by atoms with Gasteiger partial charge in [0, 0.05) is 0 Å². The number of carbonyl (C=O) groups excluding carboxylic acids is 1. The molecule has 30 heavy (non-hydrogen) atoms. The van der Waals surface area contributed by atoms with Gasteiger partial charge in [0.1, 0.15) is 42.7 Å². The molecule has 2 saturated heterocycles. The minimum Gasteiger partial charge on any atom is -0.453 e. The first-order chi connectivity index (χ1) is 14.4. The fourth-order valence-corrected chi connectivity index (χ4v) is 3.38. The van der Waals surface area contributed by atoms with E-state index in [0.29, 0.717) is 0 Å². The molecule has 9 unspecified atom stereocenters. The molecule has 168 valence electrons. The Kier molecular flexibility index (Phi) is 7.74. The Bertz CT molecular complexity index is 684. The molecule has 3 rings (SSSR count). The molecule has 11 heteroatoms. The van der Waals surface area contributed by atoms with Crippen LogP contribution in [0.4, 0.5) is 0 Å². The topological polar surface area (TPSA) is 175 Å². The Hall–Kier alpha value is -1.67. The Morgan fingerprint density at radius 3 is 2.23 bits per heavy atom. The van der Waals surface area contributed by atoms with Crippen molar-refractivity contribution in [3.05, 3.63) is 35.9 Å². The molecule has 0 aromatic heterocycles. The van der Waals surface area contributed by atoms with Crippen molar-refractivity contribution in [2.75, 3.05) is 19.8 Å². The van der Waals surface area contributed by atoms with Gasteiger partial charge in [0.25, 0.3) is 0 Å². The lowest BCUT2D eigenvalue weighted by Crippen LogP contribution is -2.62. The smallest absolute Gasteiger partial charge is 0.338 e. The summed E-state index contributed by atoms with van der Waals surface area (Å²) in [6.45, 7) is -1.41. The summed E-state index contributed by atoms with van der Waals surface area (Å²) in [5.41, 5.74) is 0.225. The van der Waals surface area contributed by atoms with Crippen molar-refractivity contribution in [1.29, 1.82) is 0 Å². The third kappa shape index (κ3) is 4.80. The molecule has 2 aliphatic rings. The van der Waals surface area contributed by atoms with Gasteiger partial charge in [-0.1, -0.05) is 18.2 Å². The first-order valence-corrected chi connectivity index (χ1v) is 9.50. The fourth-order valence-electron chi connectivity index (χ4n) is 3.38. The highest BCUT2D eigenvalue weighted by atomic mass is 16.7. The van der Waals surface area contributed by atoms with Crippen molar-refractivity contribution in [3.63, 3.8) is 0 Å². The van der Waals surface area contributed by atoms with Gasteiger partial charge >= 0.3 is 5.97 Å². The molecule has 2 fully saturated rings. The fraction of sp³-hybridized carbons (Fsp3) is 0.632. The Balaban J connectivity index is 1.76. The number of aliphatic hydroxyl groups excluding tert-OH is 6. The van der Waals surface area contributed by atoms with E-state index >= 15 is 0 Å². The minimum atomic E-state index is -1.68. The molecule has 0 aliphatic carbocycles. The summed E-state index contributed by atoms with van der Waals surface area (Å²) in [7, 11) is 0. The Morgan fingerprint density at radius 1 is 0.933 bits per heavy atom. The van der Waals surface area contributed by atoms with Crippen molar-refractivity contribution >= 4 is 5.97 Å². The van der Waals surface area contributed by atoms with Crippen LogP contribution in [0.5, 0.6) is 0 Å². The summed E-state index contributed by atoms with van der Waals surface area (Å²) in [6, 6.07) is 8.02. The molecule has 0 amide bonds. The van der Waals surface area contributed by atoms with Crippen LogP contribution in [0.1, 0.15) is 10.4 Å². The molecule has 11 nitrogen and oxygen atoms in total. The highest BCUT2D eigenvalue weighted by molar-refractivity contribution is 5.89. The molecule has 2 aliphatic heterocycles. The average Bonchev–Trinajstić information content (AvgIpc) is 2.77. The molecule has 0 spiro atoms. The van der Waals surface area contributed by atoms with Gasteiger partial charge in [-0.3, -0.25) is 0 Å². The second-order valence-corrected chi connectivity index (χ2v) is 7.15. The predicted molar refractivity (Wildman–Crippen MR) is 97.1 cm³/mol. The second kappa shape index (κ2) is 10.1. The van der Waals surface area contributed by atoms with E-state index in [4.69, 9.17) is 18.9 Å². The van der Waals surface area contributed by atoms with Crippen LogP contribution in [0.2, 0.25) is 0 Å². The number of rotatable bonds is 6. The molecule has 0 saturated carbocycles. The van der Waals surface area contributed by atoms with E-state index in [1.807, 2.05) is 0 Å². The maximum atomic E-state index is 12.5. The number of aliphatic hydroxyl groups is 6. The lowest BCUT2D eigenvalue weighted by Gasteiger charge is -2.44. The number of benzene rings is 1. The van der Waals surface area contributed by atoms with Crippen molar-refractivity contribution < 1.29 is 54.4 Å². The predicted octanol–water partition coefficient (Wildman–Crippen LogP) is -2.85. The van der Waals surface area contributed by atoms with Gasteiger partial charge in [-0.25, -0.2) is 4.79 Å². The standard InChI is InChI=1S/C19H26O11/c20-6-10-14(23)17(30-18(26)9-4-2-1-3-5-9)12(8-27-10)29-19-16(25)15(24)13(22)11(7-21)28-19/h1-5,10-17,19-25H,6-8H2. The maximum Gasteiger partial charge on any atom is 0.338 e. The van der Waals surface area contributed by atoms with Gasteiger partial charge in [0.2, 0.25) is 0 Å². The number of hydrogen-bond acceptors (Lipinski definition) is 11. The summed E-state index contributed by atoms with van der Waals surface area (Å²) in [5.74, 6) is -0.749. The van der Waals surface area contributed by atoms with Gasteiger partial charge in [-0.15, -0.1) is 0 Å². The van der Waals surface area contributed by atoms with E-state index < -0.39 is 74.3 Å². The summed E-state index contributed by atoms with van der Waals surface area (Å²) in [5, 5.41) is 59.2. The van der Waals surface area contributed by atoms with Crippen LogP contribution >= 0.6 is 0 Å². The largest absolute Gasteiger partial charge is 0.453 e. The van der Waals surface area contributed by atoms with Crippen LogP contribution < -0.4 is 0 Å². The lowest BCUT2D eigenvalue weighted by atomic mass is 9.98. The molecule has 0 bridgehead atoms.